The molecule has 0 radical (unpaired) electrons. The van der Waals surface area contributed by atoms with Crippen molar-refractivity contribution in [3.05, 3.63) is 0 Å². The lowest BCUT2D eigenvalue weighted by atomic mass is 9.98. The van der Waals surface area contributed by atoms with Crippen molar-refractivity contribution in [2.24, 2.45) is 0 Å². The smallest absolute Gasteiger partial charge is 0.0169 e. The number of nitrogens with zero attached hydrogens (tertiary/aromatic N) is 2. The summed E-state index contributed by atoms with van der Waals surface area (Å²) in [6, 6.07) is 2.12. The molecule has 0 bridgehead atoms. The van der Waals surface area contributed by atoms with Gasteiger partial charge in [0, 0.05) is 24.7 Å². The normalized spacial score (nSPS) is 34.1. The third-order valence-corrected chi connectivity index (χ3v) is 4.46. The quantitative estimate of drug-likeness (QED) is 0.803. The van der Waals surface area contributed by atoms with Gasteiger partial charge >= 0.3 is 0 Å². The molecular weight excluding hydrogens is 210 g/mol. The predicted molar refractivity (Wildman–Crippen MR) is 73.4 cm³/mol. The van der Waals surface area contributed by atoms with Crippen LogP contribution in [0.4, 0.5) is 0 Å². The Bertz CT molecular complexity index is 226. The number of likely N-dealkylation sites (tertiary alicyclic amines) is 2. The van der Waals surface area contributed by atoms with Crippen LogP contribution < -0.4 is 5.32 Å². The van der Waals surface area contributed by atoms with Crippen LogP contribution in [0.3, 0.4) is 0 Å². The highest BCUT2D eigenvalue weighted by molar-refractivity contribution is 4.84. The Morgan fingerprint density at radius 2 is 1.94 bits per heavy atom. The van der Waals surface area contributed by atoms with Gasteiger partial charge in [0.25, 0.3) is 0 Å². The summed E-state index contributed by atoms with van der Waals surface area (Å²) >= 11 is 0. The Morgan fingerprint density at radius 1 is 1.24 bits per heavy atom. The van der Waals surface area contributed by atoms with Gasteiger partial charge in [-0.1, -0.05) is 0 Å². The number of hydrogen-bond acceptors (Lipinski definition) is 3. The maximum absolute atomic E-state index is 3.83. The molecule has 2 rings (SSSR count). The van der Waals surface area contributed by atoms with Crippen LogP contribution in [0.25, 0.3) is 0 Å². The fourth-order valence-electron chi connectivity index (χ4n) is 3.25. The number of hydrogen-bond donors (Lipinski definition) is 1. The summed E-state index contributed by atoms with van der Waals surface area (Å²) in [5, 5.41) is 3.83. The van der Waals surface area contributed by atoms with Gasteiger partial charge in [0.05, 0.1) is 0 Å². The van der Waals surface area contributed by atoms with Crippen LogP contribution in [-0.4, -0.2) is 61.2 Å². The zero-order valence-electron chi connectivity index (χ0n) is 11.8. The lowest BCUT2D eigenvalue weighted by Crippen LogP contribution is -2.50. The highest BCUT2D eigenvalue weighted by Crippen LogP contribution is 2.16. The first-order valence-corrected chi connectivity index (χ1v) is 7.34. The van der Waals surface area contributed by atoms with Crippen LogP contribution in [0.2, 0.25) is 0 Å². The van der Waals surface area contributed by atoms with Crippen molar-refractivity contribution in [3.63, 3.8) is 0 Å². The van der Waals surface area contributed by atoms with E-state index in [2.05, 4.69) is 36.0 Å². The SMILES string of the molecule is CC(CN1CCCC1)NC1CCN(C)C(C)C1. The standard InChI is InChI=1S/C14H29N3/c1-12(11-17-7-4-5-8-17)15-14-6-9-16(3)13(2)10-14/h12-15H,4-11H2,1-3H3. The molecule has 2 heterocycles. The van der Waals surface area contributed by atoms with E-state index < -0.39 is 0 Å². The van der Waals surface area contributed by atoms with Crippen LogP contribution in [0.15, 0.2) is 0 Å². The molecule has 2 saturated heterocycles. The van der Waals surface area contributed by atoms with Gasteiger partial charge in [-0.15, -0.1) is 0 Å². The summed E-state index contributed by atoms with van der Waals surface area (Å²) in [4.78, 5) is 5.08. The van der Waals surface area contributed by atoms with Crippen molar-refractivity contribution in [2.75, 3.05) is 33.2 Å². The second-order valence-electron chi connectivity index (χ2n) is 6.13. The van der Waals surface area contributed by atoms with Crippen molar-refractivity contribution in [3.8, 4) is 0 Å². The first-order valence-electron chi connectivity index (χ1n) is 7.34. The first-order chi connectivity index (χ1) is 8.15. The summed E-state index contributed by atoms with van der Waals surface area (Å²) in [7, 11) is 2.24. The molecule has 0 aliphatic carbocycles. The Hall–Kier alpha value is -0.120. The van der Waals surface area contributed by atoms with Crippen LogP contribution in [0, 0.1) is 0 Å². The molecule has 2 aliphatic heterocycles. The number of piperidine rings is 1. The molecule has 0 amide bonds. The Labute approximate surface area is 107 Å². The minimum absolute atomic E-state index is 0.647. The maximum atomic E-state index is 3.83. The summed E-state index contributed by atoms with van der Waals surface area (Å²) in [6.07, 6.45) is 5.42. The Balaban J connectivity index is 1.69. The van der Waals surface area contributed by atoms with Crippen LogP contribution in [0.1, 0.15) is 39.5 Å². The van der Waals surface area contributed by atoms with E-state index in [1.807, 2.05) is 0 Å². The largest absolute Gasteiger partial charge is 0.310 e. The third-order valence-electron chi connectivity index (χ3n) is 4.46. The predicted octanol–water partition coefficient (Wildman–Crippen LogP) is 1.54. The van der Waals surface area contributed by atoms with E-state index >= 15 is 0 Å². The zero-order valence-corrected chi connectivity index (χ0v) is 11.8. The monoisotopic (exact) mass is 239 g/mol. The van der Waals surface area contributed by atoms with E-state index in [-0.39, 0.29) is 0 Å². The van der Waals surface area contributed by atoms with Gasteiger partial charge in [0.15, 0.2) is 0 Å². The fourth-order valence-corrected chi connectivity index (χ4v) is 3.25. The van der Waals surface area contributed by atoms with E-state index in [0.717, 1.165) is 12.1 Å². The molecule has 3 heteroatoms. The van der Waals surface area contributed by atoms with E-state index in [1.54, 1.807) is 0 Å². The molecule has 0 spiro atoms. The molecular formula is C14H29N3. The molecule has 2 fully saturated rings. The number of nitrogens with one attached hydrogen (secondary N) is 1. The Morgan fingerprint density at radius 3 is 2.59 bits per heavy atom. The average molecular weight is 239 g/mol. The highest BCUT2D eigenvalue weighted by Gasteiger charge is 2.24. The van der Waals surface area contributed by atoms with Gasteiger partial charge in [-0.2, -0.15) is 0 Å². The molecule has 3 unspecified atom stereocenters. The van der Waals surface area contributed by atoms with Crippen molar-refractivity contribution in [1.82, 2.24) is 15.1 Å². The average Bonchev–Trinajstić information content (AvgIpc) is 2.76. The van der Waals surface area contributed by atoms with Gasteiger partial charge in [0.2, 0.25) is 0 Å². The molecule has 0 aromatic rings. The van der Waals surface area contributed by atoms with Gasteiger partial charge < -0.3 is 15.1 Å². The second kappa shape index (κ2) is 6.17. The molecule has 100 valence electrons. The van der Waals surface area contributed by atoms with Crippen LogP contribution >= 0.6 is 0 Å². The molecule has 3 atom stereocenters. The molecule has 0 saturated carbocycles. The first kappa shape index (κ1) is 13.3. The molecule has 3 nitrogen and oxygen atoms in total. The summed E-state index contributed by atoms with van der Waals surface area (Å²) < 4.78 is 0. The maximum Gasteiger partial charge on any atom is 0.0169 e. The van der Waals surface area contributed by atoms with Gasteiger partial charge in [-0.3, -0.25) is 0 Å². The Kier molecular flexibility index (Phi) is 4.83. The summed E-state index contributed by atoms with van der Waals surface area (Å²) in [5.41, 5.74) is 0. The molecule has 1 N–H and O–H groups in total. The van der Waals surface area contributed by atoms with Crippen molar-refractivity contribution >= 4 is 0 Å². The molecule has 0 aromatic carbocycles. The summed E-state index contributed by atoms with van der Waals surface area (Å²) in [5.74, 6) is 0. The lowest BCUT2D eigenvalue weighted by molar-refractivity contribution is 0.158. The van der Waals surface area contributed by atoms with Crippen molar-refractivity contribution in [1.29, 1.82) is 0 Å². The topological polar surface area (TPSA) is 18.5 Å². The lowest BCUT2D eigenvalue weighted by Gasteiger charge is -2.37. The van der Waals surface area contributed by atoms with E-state index in [9.17, 15) is 0 Å². The minimum Gasteiger partial charge on any atom is -0.310 e. The molecule has 17 heavy (non-hydrogen) atoms. The van der Waals surface area contributed by atoms with Crippen LogP contribution in [0.5, 0.6) is 0 Å². The van der Waals surface area contributed by atoms with E-state index in [1.165, 1.54) is 51.9 Å². The molecule has 2 aliphatic rings. The van der Waals surface area contributed by atoms with Gasteiger partial charge in [0.1, 0.15) is 0 Å². The zero-order chi connectivity index (χ0) is 12.3. The van der Waals surface area contributed by atoms with E-state index in [4.69, 9.17) is 0 Å². The molecule has 0 aromatic heterocycles. The van der Waals surface area contributed by atoms with Crippen molar-refractivity contribution < 1.29 is 0 Å². The highest BCUT2D eigenvalue weighted by atomic mass is 15.2. The van der Waals surface area contributed by atoms with Gasteiger partial charge in [-0.25, -0.2) is 0 Å². The second-order valence-corrected chi connectivity index (χ2v) is 6.13. The third kappa shape index (κ3) is 3.94. The van der Waals surface area contributed by atoms with Crippen LogP contribution in [-0.2, 0) is 0 Å². The number of rotatable bonds is 4. The minimum atomic E-state index is 0.647. The van der Waals surface area contributed by atoms with Gasteiger partial charge in [-0.05, 0) is 66.2 Å². The van der Waals surface area contributed by atoms with E-state index in [0.29, 0.717) is 6.04 Å². The fraction of sp³-hybridized carbons (Fsp3) is 1.00. The summed E-state index contributed by atoms with van der Waals surface area (Å²) in [6.45, 7) is 9.81. The van der Waals surface area contributed by atoms with Crippen molar-refractivity contribution in [2.45, 2.75) is 57.7 Å².